The molecule has 0 amide bonds. The zero-order valence-corrected chi connectivity index (χ0v) is 12.5. The number of hydrogen-bond donors (Lipinski definition) is 1. The maximum atomic E-state index is 3.77. The van der Waals surface area contributed by atoms with Crippen LogP contribution < -0.4 is 5.32 Å². The molecule has 2 nitrogen and oxygen atoms in total. The summed E-state index contributed by atoms with van der Waals surface area (Å²) in [5.41, 5.74) is 2.75. The summed E-state index contributed by atoms with van der Waals surface area (Å²) in [6.45, 7) is 0.989. The lowest BCUT2D eigenvalue weighted by Crippen LogP contribution is -2.33. The van der Waals surface area contributed by atoms with E-state index in [1.165, 1.54) is 35.7 Å². The van der Waals surface area contributed by atoms with Gasteiger partial charge in [-0.25, -0.2) is 0 Å². The molecule has 2 unspecified atom stereocenters. The Balaban J connectivity index is 1.75. The Kier molecular flexibility index (Phi) is 3.85. The minimum absolute atomic E-state index is 0.689. The molecule has 1 N–H and O–H groups in total. The molecule has 0 aliphatic heterocycles. The molecule has 2 aromatic rings. The number of thioether (sulfide) groups is 1. The van der Waals surface area contributed by atoms with Gasteiger partial charge in [0.25, 0.3) is 0 Å². The smallest absolute Gasteiger partial charge is 0.0481 e. The van der Waals surface area contributed by atoms with Gasteiger partial charge in [-0.15, -0.1) is 0 Å². The molecule has 19 heavy (non-hydrogen) atoms. The molecule has 3 rings (SSSR count). The van der Waals surface area contributed by atoms with Gasteiger partial charge in [0.05, 0.1) is 0 Å². The fraction of sp³-hybridized carbons (Fsp3) is 0.500. The van der Waals surface area contributed by atoms with Crippen LogP contribution in [0.4, 0.5) is 0 Å². The van der Waals surface area contributed by atoms with Crippen LogP contribution in [0.5, 0.6) is 0 Å². The van der Waals surface area contributed by atoms with Crippen molar-refractivity contribution < 1.29 is 0 Å². The van der Waals surface area contributed by atoms with Gasteiger partial charge in [-0.1, -0.05) is 24.6 Å². The highest BCUT2D eigenvalue weighted by Gasteiger charge is 2.25. The molecule has 0 saturated heterocycles. The summed E-state index contributed by atoms with van der Waals surface area (Å²) in [7, 11) is 2.13. The van der Waals surface area contributed by atoms with E-state index >= 15 is 0 Å². The molecule has 1 heterocycles. The van der Waals surface area contributed by atoms with Crippen LogP contribution in [0.3, 0.4) is 0 Å². The van der Waals surface area contributed by atoms with Crippen molar-refractivity contribution in [2.45, 2.75) is 37.1 Å². The molecule has 1 aliphatic carbocycles. The van der Waals surface area contributed by atoms with Gasteiger partial charge in [-0.3, -0.25) is 0 Å². The molecule has 1 fully saturated rings. The van der Waals surface area contributed by atoms with Crippen molar-refractivity contribution in [3.05, 3.63) is 36.0 Å². The first-order valence-electron chi connectivity index (χ1n) is 7.08. The molecule has 1 aromatic carbocycles. The quantitative estimate of drug-likeness (QED) is 0.918. The number of nitrogens with zero attached hydrogens (tertiary/aromatic N) is 1. The Labute approximate surface area is 119 Å². The Hall–Kier alpha value is -0.930. The van der Waals surface area contributed by atoms with Crippen molar-refractivity contribution in [2.24, 2.45) is 7.05 Å². The average Bonchev–Trinajstić information content (AvgIpc) is 3.02. The van der Waals surface area contributed by atoms with Crippen molar-refractivity contribution in [1.82, 2.24) is 9.88 Å². The van der Waals surface area contributed by atoms with E-state index in [1.807, 2.05) is 11.8 Å². The van der Waals surface area contributed by atoms with Crippen molar-refractivity contribution in [2.75, 3.05) is 6.26 Å². The number of para-hydroxylation sites is 1. The van der Waals surface area contributed by atoms with E-state index in [0.29, 0.717) is 6.04 Å². The molecule has 3 heteroatoms. The maximum absolute atomic E-state index is 3.77. The van der Waals surface area contributed by atoms with Gasteiger partial charge in [0.15, 0.2) is 0 Å². The largest absolute Gasteiger partial charge is 0.350 e. The number of benzene rings is 1. The Bertz CT molecular complexity index is 561. The first-order valence-corrected chi connectivity index (χ1v) is 8.37. The second-order valence-corrected chi connectivity index (χ2v) is 6.55. The Morgan fingerprint density at radius 1 is 1.32 bits per heavy atom. The van der Waals surface area contributed by atoms with E-state index in [1.54, 1.807) is 0 Å². The third-order valence-corrected chi connectivity index (χ3v) is 5.46. The molecule has 1 aliphatic rings. The summed E-state index contributed by atoms with van der Waals surface area (Å²) in [6, 6.07) is 9.35. The first-order chi connectivity index (χ1) is 9.29. The predicted molar refractivity (Wildman–Crippen MR) is 84.7 cm³/mol. The fourth-order valence-corrected chi connectivity index (χ4v) is 4.21. The van der Waals surface area contributed by atoms with Crippen LogP contribution in [0.1, 0.15) is 24.8 Å². The SMILES string of the molecule is CSC1CCCC1NCc1cn(C)c2ccccc12. The van der Waals surface area contributed by atoms with Gasteiger partial charge >= 0.3 is 0 Å². The summed E-state index contributed by atoms with van der Waals surface area (Å²) in [5.74, 6) is 0. The van der Waals surface area contributed by atoms with E-state index in [0.717, 1.165) is 11.8 Å². The van der Waals surface area contributed by atoms with Gasteiger partial charge in [0.2, 0.25) is 0 Å². The van der Waals surface area contributed by atoms with E-state index in [2.05, 4.69) is 53.6 Å². The summed E-state index contributed by atoms with van der Waals surface area (Å²) < 4.78 is 2.23. The molecule has 0 spiro atoms. The second kappa shape index (κ2) is 5.59. The van der Waals surface area contributed by atoms with Crippen LogP contribution >= 0.6 is 11.8 Å². The van der Waals surface area contributed by atoms with Crippen LogP contribution in [-0.4, -0.2) is 22.1 Å². The Morgan fingerprint density at radius 3 is 3.00 bits per heavy atom. The lowest BCUT2D eigenvalue weighted by molar-refractivity contribution is 0.533. The van der Waals surface area contributed by atoms with Gasteiger partial charge < -0.3 is 9.88 Å². The normalized spacial score (nSPS) is 23.3. The zero-order valence-electron chi connectivity index (χ0n) is 11.7. The molecule has 0 radical (unpaired) electrons. The summed E-state index contributed by atoms with van der Waals surface area (Å²) in [5, 5.41) is 5.96. The molecule has 0 bridgehead atoms. The molecule has 2 atom stereocenters. The zero-order chi connectivity index (χ0) is 13.2. The highest BCUT2D eigenvalue weighted by atomic mass is 32.2. The monoisotopic (exact) mass is 274 g/mol. The molecular weight excluding hydrogens is 252 g/mol. The number of rotatable bonds is 4. The van der Waals surface area contributed by atoms with Crippen molar-refractivity contribution in [3.63, 3.8) is 0 Å². The standard InChI is InChI=1S/C16H22N2S/c1-18-11-12(13-6-3-4-8-15(13)18)10-17-14-7-5-9-16(14)19-2/h3-4,6,8,11,14,16-17H,5,7,9-10H2,1-2H3. The van der Waals surface area contributed by atoms with Gasteiger partial charge in [0, 0.05) is 42.0 Å². The van der Waals surface area contributed by atoms with Gasteiger partial charge in [-0.2, -0.15) is 11.8 Å². The third-order valence-electron chi connectivity index (χ3n) is 4.29. The lowest BCUT2D eigenvalue weighted by atomic mass is 10.1. The Morgan fingerprint density at radius 2 is 2.16 bits per heavy atom. The topological polar surface area (TPSA) is 17.0 Å². The molecular formula is C16H22N2S. The second-order valence-electron chi connectivity index (χ2n) is 5.47. The summed E-state index contributed by atoms with van der Waals surface area (Å²) >= 11 is 2.02. The average molecular weight is 274 g/mol. The molecule has 1 aromatic heterocycles. The van der Waals surface area contributed by atoms with Gasteiger partial charge in [0.1, 0.15) is 0 Å². The van der Waals surface area contributed by atoms with Crippen LogP contribution in [0.2, 0.25) is 0 Å². The van der Waals surface area contributed by atoms with Crippen LogP contribution in [0.15, 0.2) is 30.5 Å². The fourth-order valence-electron chi connectivity index (χ4n) is 3.25. The highest BCUT2D eigenvalue weighted by Crippen LogP contribution is 2.29. The predicted octanol–water partition coefficient (Wildman–Crippen LogP) is 3.55. The number of nitrogens with one attached hydrogen (secondary N) is 1. The minimum atomic E-state index is 0.689. The summed E-state index contributed by atoms with van der Waals surface area (Å²) in [6.07, 6.45) is 8.58. The maximum Gasteiger partial charge on any atom is 0.0481 e. The molecule has 102 valence electrons. The van der Waals surface area contributed by atoms with Crippen LogP contribution in [-0.2, 0) is 13.6 Å². The summed E-state index contributed by atoms with van der Waals surface area (Å²) in [4.78, 5) is 0. The van der Waals surface area contributed by atoms with Crippen molar-refractivity contribution in [3.8, 4) is 0 Å². The first kappa shape index (κ1) is 13.1. The van der Waals surface area contributed by atoms with Crippen LogP contribution in [0.25, 0.3) is 10.9 Å². The molecule has 1 saturated carbocycles. The van der Waals surface area contributed by atoms with Crippen LogP contribution in [0, 0.1) is 0 Å². The van der Waals surface area contributed by atoms with Crippen molar-refractivity contribution in [1.29, 1.82) is 0 Å². The third kappa shape index (κ3) is 2.54. The number of hydrogen-bond acceptors (Lipinski definition) is 2. The van der Waals surface area contributed by atoms with Crippen molar-refractivity contribution >= 4 is 22.7 Å². The number of fused-ring (bicyclic) bond motifs is 1. The number of aryl methyl sites for hydroxylation is 1. The lowest BCUT2D eigenvalue weighted by Gasteiger charge is -2.18. The van der Waals surface area contributed by atoms with E-state index in [-0.39, 0.29) is 0 Å². The van der Waals surface area contributed by atoms with Gasteiger partial charge in [-0.05, 0) is 30.7 Å². The highest BCUT2D eigenvalue weighted by molar-refractivity contribution is 7.99. The van der Waals surface area contributed by atoms with E-state index < -0.39 is 0 Å². The van der Waals surface area contributed by atoms with E-state index in [9.17, 15) is 0 Å². The number of aromatic nitrogens is 1. The minimum Gasteiger partial charge on any atom is -0.350 e. The van der Waals surface area contributed by atoms with E-state index in [4.69, 9.17) is 0 Å².